The number of hydrogen-bond acceptors (Lipinski definition) is 3. The number of nitrogens with one attached hydrogen (secondary N) is 1. The molecule has 0 fully saturated rings. The lowest BCUT2D eigenvalue weighted by molar-refractivity contribution is -0.118. The van der Waals surface area contributed by atoms with Gasteiger partial charge in [0.2, 0.25) is 0 Å². The fourth-order valence-corrected chi connectivity index (χ4v) is 3.01. The average molecular weight is 292 g/mol. The summed E-state index contributed by atoms with van der Waals surface area (Å²) in [4.78, 5) is 20.6. The molecule has 2 aliphatic rings. The highest BCUT2D eigenvalue weighted by Crippen LogP contribution is 2.29. The number of H-pyrrole nitrogens is 1. The molecule has 5 nitrogen and oxygen atoms in total. The predicted molar refractivity (Wildman–Crippen MR) is 86.3 cm³/mol. The Morgan fingerprint density at radius 1 is 1.14 bits per heavy atom. The number of aromatic nitrogens is 1. The number of rotatable bonds is 3. The normalized spacial score (nSPS) is 21.2. The van der Waals surface area contributed by atoms with Crippen molar-refractivity contribution in [2.24, 2.45) is 16.0 Å². The summed E-state index contributed by atoms with van der Waals surface area (Å²) in [6, 6.07) is 13.4. The number of anilines is 1. The van der Waals surface area contributed by atoms with Gasteiger partial charge in [0.1, 0.15) is 11.6 Å². The molecule has 1 amide bonds. The van der Waals surface area contributed by atoms with E-state index in [2.05, 4.69) is 15.1 Å². The van der Waals surface area contributed by atoms with E-state index < -0.39 is 0 Å². The second-order valence-electron chi connectivity index (χ2n) is 5.46. The fourth-order valence-electron chi connectivity index (χ4n) is 3.01. The standard InChI is InChI=1S/C17H16N4O/c22-17-15(13-8-4-10-18-13)16(14-9-5-11-19-14)20-21(17)12-6-2-1-3-7-12/h1-3,5-7,9,11,15,19H,4,8,10H2/t15-/m1/s1. The molecular weight excluding hydrogens is 276 g/mol. The van der Waals surface area contributed by atoms with Crippen molar-refractivity contribution in [3.8, 4) is 0 Å². The highest BCUT2D eigenvalue weighted by Gasteiger charge is 2.41. The third-order valence-electron chi connectivity index (χ3n) is 4.05. The molecule has 0 saturated carbocycles. The summed E-state index contributed by atoms with van der Waals surface area (Å²) in [5.41, 5.74) is 3.39. The number of hydrazone groups is 1. The summed E-state index contributed by atoms with van der Waals surface area (Å²) in [7, 11) is 0. The number of para-hydroxylation sites is 1. The Kier molecular flexibility index (Phi) is 3.11. The van der Waals surface area contributed by atoms with Gasteiger partial charge < -0.3 is 4.98 Å². The van der Waals surface area contributed by atoms with Crippen LogP contribution in [0.25, 0.3) is 0 Å². The number of benzene rings is 1. The fraction of sp³-hybridized carbons (Fsp3) is 0.235. The lowest BCUT2D eigenvalue weighted by atomic mass is 9.93. The molecule has 0 bridgehead atoms. The van der Waals surface area contributed by atoms with Crippen molar-refractivity contribution in [2.45, 2.75) is 12.8 Å². The van der Waals surface area contributed by atoms with Gasteiger partial charge >= 0.3 is 0 Å². The van der Waals surface area contributed by atoms with Gasteiger partial charge in [-0.15, -0.1) is 0 Å². The van der Waals surface area contributed by atoms with Crippen LogP contribution in [0.1, 0.15) is 18.5 Å². The van der Waals surface area contributed by atoms with Gasteiger partial charge in [0.05, 0.1) is 11.4 Å². The Labute approximate surface area is 128 Å². The Hall–Kier alpha value is -2.69. The van der Waals surface area contributed by atoms with E-state index in [-0.39, 0.29) is 11.8 Å². The van der Waals surface area contributed by atoms with Gasteiger partial charge in [-0.1, -0.05) is 18.2 Å². The third-order valence-corrected chi connectivity index (χ3v) is 4.05. The highest BCUT2D eigenvalue weighted by atomic mass is 16.2. The summed E-state index contributed by atoms with van der Waals surface area (Å²) in [6.07, 6.45) is 3.74. The second kappa shape index (κ2) is 5.26. The van der Waals surface area contributed by atoms with Crippen LogP contribution in [-0.2, 0) is 4.79 Å². The van der Waals surface area contributed by atoms with Gasteiger partial charge in [0.15, 0.2) is 0 Å². The van der Waals surface area contributed by atoms with Crippen molar-refractivity contribution in [3.63, 3.8) is 0 Å². The monoisotopic (exact) mass is 292 g/mol. The first-order chi connectivity index (χ1) is 10.8. The predicted octanol–water partition coefficient (Wildman–Crippen LogP) is 2.62. The number of carbonyl (C=O) groups excluding carboxylic acids is 1. The number of hydrogen-bond donors (Lipinski definition) is 1. The largest absolute Gasteiger partial charge is 0.360 e. The molecule has 0 aliphatic carbocycles. The maximum Gasteiger partial charge on any atom is 0.262 e. The van der Waals surface area contributed by atoms with Crippen molar-refractivity contribution >= 4 is 23.0 Å². The molecule has 3 heterocycles. The highest BCUT2D eigenvalue weighted by molar-refractivity contribution is 6.32. The Balaban J connectivity index is 1.78. The molecule has 0 spiro atoms. The lowest BCUT2D eigenvalue weighted by Gasteiger charge is -2.14. The molecule has 110 valence electrons. The van der Waals surface area contributed by atoms with Crippen LogP contribution >= 0.6 is 0 Å². The zero-order valence-electron chi connectivity index (χ0n) is 12.1. The first-order valence-electron chi connectivity index (χ1n) is 7.49. The summed E-state index contributed by atoms with van der Waals surface area (Å²) in [5.74, 6) is -0.377. The minimum atomic E-state index is -0.360. The van der Waals surface area contributed by atoms with Crippen molar-refractivity contribution in [1.82, 2.24) is 4.98 Å². The third kappa shape index (κ3) is 2.06. The topological polar surface area (TPSA) is 60.8 Å². The lowest BCUT2D eigenvalue weighted by Crippen LogP contribution is -2.33. The SMILES string of the molecule is O=C1[C@H](C2=NCCC2)C(c2ccc[nH]2)=NN1c1ccccc1. The molecule has 5 heteroatoms. The zero-order valence-corrected chi connectivity index (χ0v) is 12.1. The molecule has 2 aliphatic heterocycles. The van der Waals surface area contributed by atoms with Gasteiger partial charge in [-0.3, -0.25) is 9.79 Å². The smallest absolute Gasteiger partial charge is 0.262 e. The maximum atomic E-state index is 12.9. The van der Waals surface area contributed by atoms with Crippen LogP contribution < -0.4 is 5.01 Å². The van der Waals surface area contributed by atoms with Crippen LogP contribution in [-0.4, -0.2) is 28.9 Å². The van der Waals surface area contributed by atoms with E-state index in [4.69, 9.17) is 0 Å². The summed E-state index contributed by atoms with van der Waals surface area (Å²) >= 11 is 0. The van der Waals surface area contributed by atoms with Gasteiger partial charge in [-0.25, -0.2) is 0 Å². The quantitative estimate of drug-likeness (QED) is 0.928. The molecule has 0 unspecified atom stereocenters. The van der Waals surface area contributed by atoms with Gasteiger partial charge in [-0.2, -0.15) is 10.1 Å². The number of aliphatic imine (C=N–C) groups is 1. The van der Waals surface area contributed by atoms with Gasteiger partial charge in [0, 0.05) is 18.5 Å². The van der Waals surface area contributed by atoms with Crippen LogP contribution in [0.4, 0.5) is 5.69 Å². The molecule has 1 aromatic heterocycles. The van der Waals surface area contributed by atoms with Gasteiger partial charge in [0.25, 0.3) is 5.91 Å². The second-order valence-corrected chi connectivity index (χ2v) is 5.46. The molecule has 0 saturated heterocycles. The summed E-state index contributed by atoms with van der Waals surface area (Å²) in [5, 5.41) is 6.10. The first kappa shape index (κ1) is 13.0. The first-order valence-corrected chi connectivity index (χ1v) is 7.49. The average Bonchev–Trinajstić information content (AvgIpc) is 3.28. The van der Waals surface area contributed by atoms with E-state index in [1.807, 2.05) is 48.7 Å². The van der Waals surface area contributed by atoms with Crippen molar-refractivity contribution < 1.29 is 4.79 Å². The van der Waals surface area contributed by atoms with Crippen LogP contribution in [0.15, 0.2) is 58.8 Å². The molecule has 2 aromatic rings. The van der Waals surface area contributed by atoms with Crippen LogP contribution in [0, 0.1) is 5.92 Å². The van der Waals surface area contributed by atoms with E-state index in [1.165, 1.54) is 5.01 Å². The van der Waals surface area contributed by atoms with E-state index >= 15 is 0 Å². The molecule has 22 heavy (non-hydrogen) atoms. The van der Waals surface area contributed by atoms with E-state index in [0.717, 1.165) is 42.2 Å². The summed E-state index contributed by atoms with van der Waals surface area (Å²) in [6.45, 7) is 0.808. The number of nitrogens with zero attached hydrogens (tertiary/aromatic N) is 3. The van der Waals surface area contributed by atoms with Crippen LogP contribution in [0.2, 0.25) is 0 Å². The van der Waals surface area contributed by atoms with Crippen LogP contribution in [0.3, 0.4) is 0 Å². The number of carbonyl (C=O) groups is 1. The minimum absolute atomic E-state index is 0.0172. The maximum absolute atomic E-state index is 12.9. The molecule has 1 aromatic carbocycles. The van der Waals surface area contributed by atoms with Crippen LogP contribution in [0.5, 0.6) is 0 Å². The molecular formula is C17H16N4O. The van der Waals surface area contributed by atoms with E-state index in [9.17, 15) is 4.79 Å². The van der Waals surface area contributed by atoms with Crippen molar-refractivity contribution in [2.75, 3.05) is 11.6 Å². The molecule has 4 rings (SSSR count). The Morgan fingerprint density at radius 2 is 2.00 bits per heavy atom. The van der Waals surface area contributed by atoms with Gasteiger partial charge in [-0.05, 0) is 37.1 Å². The molecule has 1 N–H and O–H groups in total. The molecule has 0 radical (unpaired) electrons. The zero-order chi connectivity index (χ0) is 14.9. The number of amides is 1. The summed E-state index contributed by atoms with van der Waals surface area (Å²) < 4.78 is 0. The van der Waals surface area contributed by atoms with E-state index in [0.29, 0.717) is 0 Å². The Bertz CT molecular complexity index is 746. The number of aromatic amines is 1. The Morgan fingerprint density at radius 3 is 2.68 bits per heavy atom. The molecule has 1 atom stereocenters. The minimum Gasteiger partial charge on any atom is -0.360 e. The van der Waals surface area contributed by atoms with Crippen molar-refractivity contribution in [1.29, 1.82) is 0 Å². The van der Waals surface area contributed by atoms with Crippen molar-refractivity contribution in [3.05, 3.63) is 54.4 Å². The van der Waals surface area contributed by atoms with E-state index in [1.54, 1.807) is 0 Å².